The molecule has 1 aliphatic heterocycles. The number of rotatable bonds is 2. The van der Waals surface area contributed by atoms with Gasteiger partial charge in [-0.2, -0.15) is 0 Å². The fraction of sp³-hybridized carbons (Fsp3) is 0.462. The molecule has 0 atom stereocenters. The summed E-state index contributed by atoms with van der Waals surface area (Å²) in [6.45, 7) is 3.52. The predicted molar refractivity (Wildman–Crippen MR) is 72.9 cm³/mol. The Morgan fingerprint density at radius 2 is 1.78 bits per heavy atom. The number of benzene rings is 1. The average molecular weight is 270 g/mol. The van der Waals surface area contributed by atoms with Crippen LogP contribution in [0, 0.1) is 17.6 Å². The third-order valence-corrected chi connectivity index (χ3v) is 3.64. The molecule has 2 rings (SSSR count). The Bertz CT molecular complexity index is 445. The molecule has 1 saturated heterocycles. The smallest absolute Gasteiger partial charge is 0.150 e. The molecule has 98 valence electrons. The summed E-state index contributed by atoms with van der Waals surface area (Å²) < 4.78 is 27.9. The average Bonchev–Trinajstić information content (AvgIpc) is 2.30. The summed E-state index contributed by atoms with van der Waals surface area (Å²) in [4.78, 5) is 1.76. The first-order valence-electron chi connectivity index (χ1n) is 6.03. The van der Waals surface area contributed by atoms with Crippen molar-refractivity contribution >= 4 is 22.9 Å². The summed E-state index contributed by atoms with van der Waals surface area (Å²) in [6.07, 6.45) is 1.91. The molecule has 0 aliphatic carbocycles. The monoisotopic (exact) mass is 270 g/mol. The minimum absolute atomic E-state index is 0.00613. The molecule has 2 nitrogen and oxygen atoms in total. The van der Waals surface area contributed by atoms with E-state index in [2.05, 4.69) is 6.92 Å². The molecule has 0 spiro atoms. The third-order valence-electron chi connectivity index (χ3n) is 3.40. The number of thiocarbonyl (C=S) groups is 1. The molecule has 0 aromatic heterocycles. The zero-order valence-corrected chi connectivity index (χ0v) is 11.1. The number of hydrogen-bond donors (Lipinski definition) is 1. The Morgan fingerprint density at radius 3 is 2.22 bits per heavy atom. The van der Waals surface area contributed by atoms with Gasteiger partial charge in [-0.25, -0.2) is 8.78 Å². The molecule has 2 N–H and O–H groups in total. The van der Waals surface area contributed by atoms with E-state index < -0.39 is 11.6 Å². The molecular weight excluding hydrogens is 254 g/mol. The number of hydrogen-bond acceptors (Lipinski definition) is 2. The Balaban J connectivity index is 2.31. The van der Waals surface area contributed by atoms with Gasteiger partial charge in [0.15, 0.2) is 0 Å². The SMILES string of the molecule is CC1CCN(c2c(F)cc(C(N)=S)cc2F)CC1. The summed E-state index contributed by atoms with van der Waals surface area (Å²) in [6, 6.07) is 2.41. The van der Waals surface area contributed by atoms with Crippen molar-refractivity contribution in [3.63, 3.8) is 0 Å². The van der Waals surface area contributed by atoms with Crippen molar-refractivity contribution in [3.8, 4) is 0 Å². The number of nitrogens with two attached hydrogens (primary N) is 1. The number of piperidine rings is 1. The molecular formula is C13H16F2N2S. The highest BCUT2D eigenvalue weighted by Crippen LogP contribution is 2.29. The van der Waals surface area contributed by atoms with Crippen LogP contribution in [0.4, 0.5) is 14.5 Å². The summed E-state index contributed by atoms with van der Waals surface area (Å²) in [7, 11) is 0. The van der Waals surface area contributed by atoms with Crippen molar-refractivity contribution in [2.24, 2.45) is 11.7 Å². The van der Waals surface area contributed by atoms with Crippen molar-refractivity contribution < 1.29 is 8.78 Å². The molecule has 0 amide bonds. The second-order valence-electron chi connectivity index (χ2n) is 4.82. The highest BCUT2D eigenvalue weighted by atomic mass is 32.1. The topological polar surface area (TPSA) is 29.3 Å². The van der Waals surface area contributed by atoms with E-state index in [1.54, 1.807) is 4.90 Å². The first kappa shape index (κ1) is 13.2. The molecule has 1 fully saturated rings. The number of anilines is 1. The van der Waals surface area contributed by atoms with Gasteiger partial charge >= 0.3 is 0 Å². The van der Waals surface area contributed by atoms with E-state index in [4.69, 9.17) is 18.0 Å². The summed E-state index contributed by atoms with van der Waals surface area (Å²) >= 11 is 4.73. The van der Waals surface area contributed by atoms with Gasteiger partial charge in [0.2, 0.25) is 0 Å². The second kappa shape index (κ2) is 5.18. The van der Waals surface area contributed by atoms with Gasteiger partial charge in [0.05, 0.1) is 0 Å². The fourth-order valence-corrected chi connectivity index (χ4v) is 2.36. The van der Waals surface area contributed by atoms with Crippen LogP contribution in [0.5, 0.6) is 0 Å². The summed E-state index contributed by atoms with van der Waals surface area (Å²) in [5, 5.41) is 0. The minimum Gasteiger partial charge on any atom is -0.389 e. The second-order valence-corrected chi connectivity index (χ2v) is 5.26. The Morgan fingerprint density at radius 1 is 1.28 bits per heavy atom. The Hall–Kier alpha value is -1.23. The van der Waals surface area contributed by atoms with E-state index in [-0.39, 0.29) is 16.2 Å². The molecule has 0 radical (unpaired) electrons. The van der Waals surface area contributed by atoms with E-state index in [0.717, 1.165) is 12.8 Å². The first-order chi connectivity index (χ1) is 8.49. The van der Waals surface area contributed by atoms with Crippen molar-refractivity contribution in [2.45, 2.75) is 19.8 Å². The van der Waals surface area contributed by atoms with E-state index >= 15 is 0 Å². The number of nitrogens with zero attached hydrogens (tertiary/aromatic N) is 1. The van der Waals surface area contributed by atoms with Gasteiger partial charge in [-0.05, 0) is 30.9 Å². The van der Waals surface area contributed by atoms with Crippen molar-refractivity contribution in [2.75, 3.05) is 18.0 Å². The van der Waals surface area contributed by atoms with Gasteiger partial charge in [0, 0.05) is 18.7 Å². The van der Waals surface area contributed by atoms with Gasteiger partial charge in [0.25, 0.3) is 0 Å². The van der Waals surface area contributed by atoms with Crippen LogP contribution in [0.15, 0.2) is 12.1 Å². The van der Waals surface area contributed by atoms with Crippen LogP contribution >= 0.6 is 12.2 Å². The maximum absolute atomic E-state index is 14.0. The molecule has 0 unspecified atom stereocenters. The van der Waals surface area contributed by atoms with Gasteiger partial charge in [-0.3, -0.25) is 0 Å². The normalized spacial score (nSPS) is 16.9. The molecule has 0 saturated carbocycles. The lowest BCUT2D eigenvalue weighted by Crippen LogP contribution is -2.34. The predicted octanol–water partition coefficient (Wildman–Crippen LogP) is 2.84. The fourth-order valence-electron chi connectivity index (χ4n) is 2.24. The van der Waals surface area contributed by atoms with E-state index in [1.165, 1.54) is 12.1 Å². The van der Waals surface area contributed by atoms with Crippen LogP contribution in [0.25, 0.3) is 0 Å². The van der Waals surface area contributed by atoms with Crippen molar-refractivity contribution in [3.05, 3.63) is 29.3 Å². The third kappa shape index (κ3) is 2.61. The van der Waals surface area contributed by atoms with E-state index in [0.29, 0.717) is 19.0 Å². The maximum atomic E-state index is 14.0. The van der Waals surface area contributed by atoms with Gasteiger partial charge in [-0.15, -0.1) is 0 Å². The van der Waals surface area contributed by atoms with Crippen molar-refractivity contribution in [1.82, 2.24) is 0 Å². The zero-order valence-electron chi connectivity index (χ0n) is 10.2. The van der Waals surface area contributed by atoms with Crippen LogP contribution in [0.1, 0.15) is 25.3 Å². The lowest BCUT2D eigenvalue weighted by Gasteiger charge is -2.32. The molecule has 1 aromatic rings. The van der Waals surface area contributed by atoms with Gasteiger partial charge in [-0.1, -0.05) is 19.1 Å². The zero-order chi connectivity index (χ0) is 13.3. The molecule has 1 aromatic carbocycles. The van der Waals surface area contributed by atoms with Crippen LogP contribution in [-0.4, -0.2) is 18.1 Å². The van der Waals surface area contributed by atoms with Crippen LogP contribution in [0.3, 0.4) is 0 Å². The number of halogens is 2. The maximum Gasteiger partial charge on any atom is 0.150 e. The Kier molecular flexibility index (Phi) is 3.80. The molecule has 5 heteroatoms. The highest BCUT2D eigenvalue weighted by molar-refractivity contribution is 7.80. The van der Waals surface area contributed by atoms with Crippen LogP contribution in [-0.2, 0) is 0 Å². The quantitative estimate of drug-likeness (QED) is 0.838. The molecule has 18 heavy (non-hydrogen) atoms. The minimum atomic E-state index is -0.590. The summed E-state index contributed by atoms with van der Waals surface area (Å²) in [5.74, 6) is -0.567. The van der Waals surface area contributed by atoms with Crippen molar-refractivity contribution in [1.29, 1.82) is 0 Å². The molecule has 1 aliphatic rings. The highest BCUT2D eigenvalue weighted by Gasteiger charge is 2.22. The lowest BCUT2D eigenvalue weighted by molar-refractivity contribution is 0.429. The van der Waals surface area contributed by atoms with Crippen LogP contribution in [0.2, 0.25) is 0 Å². The van der Waals surface area contributed by atoms with E-state index in [1.807, 2.05) is 0 Å². The Labute approximate surface area is 111 Å². The van der Waals surface area contributed by atoms with Crippen LogP contribution < -0.4 is 10.6 Å². The molecule has 0 bridgehead atoms. The van der Waals surface area contributed by atoms with E-state index in [9.17, 15) is 8.78 Å². The first-order valence-corrected chi connectivity index (χ1v) is 6.43. The standard InChI is InChI=1S/C13H16F2N2S/c1-8-2-4-17(5-3-8)12-10(14)6-9(13(16)18)7-11(12)15/h6-8H,2-5H2,1H3,(H2,16,18). The lowest BCUT2D eigenvalue weighted by atomic mass is 9.98. The molecule has 1 heterocycles. The largest absolute Gasteiger partial charge is 0.389 e. The van der Waals surface area contributed by atoms with Gasteiger partial charge in [0.1, 0.15) is 22.3 Å². The summed E-state index contributed by atoms with van der Waals surface area (Å²) in [5.41, 5.74) is 5.66. The van der Waals surface area contributed by atoms with Gasteiger partial charge < -0.3 is 10.6 Å².